The molecule has 0 heterocycles. The van der Waals surface area contributed by atoms with Gasteiger partial charge in [-0.15, -0.1) is 0 Å². The Hall–Kier alpha value is -1.06. The van der Waals surface area contributed by atoms with Crippen molar-refractivity contribution in [3.05, 3.63) is 0 Å². The average molecular weight is 213 g/mol. The van der Waals surface area contributed by atoms with E-state index < -0.39 is 11.9 Å². The van der Waals surface area contributed by atoms with Gasteiger partial charge in [0.25, 0.3) is 0 Å². The summed E-state index contributed by atoms with van der Waals surface area (Å²) in [6.45, 7) is 5.46. The lowest BCUT2D eigenvalue weighted by Gasteiger charge is -2.20. The molecule has 4 heteroatoms. The number of hydrogen-bond donors (Lipinski definition) is 1. The third-order valence-electron chi connectivity index (χ3n) is 2.90. The molecule has 0 radical (unpaired) electrons. The third-order valence-corrected chi connectivity index (χ3v) is 2.90. The third kappa shape index (κ3) is 2.94. The van der Waals surface area contributed by atoms with Gasteiger partial charge in [-0.2, -0.15) is 0 Å². The lowest BCUT2D eigenvalue weighted by atomic mass is 10.2. The van der Waals surface area contributed by atoms with Gasteiger partial charge in [-0.3, -0.25) is 9.59 Å². The van der Waals surface area contributed by atoms with Crippen molar-refractivity contribution >= 4 is 11.9 Å². The Kier molecular flexibility index (Phi) is 4.12. The fourth-order valence-electron chi connectivity index (χ4n) is 1.75. The molecule has 1 aliphatic rings. The molecule has 0 saturated heterocycles. The molecular weight excluding hydrogens is 194 g/mol. The number of amides is 1. The Balaban J connectivity index is 2.41. The van der Waals surface area contributed by atoms with E-state index in [1.165, 1.54) is 0 Å². The summed E-state index contributed by atoms with van der Waals surface area (Å²) in [5.74, 6) is -1.48. The first-order valence-corrected chi connectivity index (χ1v) is 5.63. The maximum absolute atomic E-state index is 11.8. The van der Waals surface area contributed by atoms with E-state index >= 15 is 0 Å². The fourth-order valence-corrected chi connectivity index (χ4v) is 1.75. The average Bonchev–Trinajstić information content (AvgIpc) is 2.98. The first-order valence-electron chi connectivity index (χ1n) is 5.63. The molecule has 0 aromatic rings. The largest absolute Gasteiger partial charge is 0.481 e. The molecule has 1 N–H and O–H groups in total. The van der Waals surface area contributed by atoms with Crippen molar-refractivity contribution in [2.45, 2.75) is 33.1 Å². The maximum Gasteiger partial charge on any atom is 0.307 e. The van der Waals surface area contributed by atoms with E-state index in [2.05, 4.69) is 6.92 Å². The zero-order valence-electron chi connectivity index (χ0n) is 9.40. The molecule has 2 atom stereocenters. The number of carboxylic acids is 1. The summed E-state index contributed by atoms with van der Waals surface area (Å²) in [4.78, 5) is 24.2. The monoisotopic (exact) mass is 213 g/mol. The summed E-state index contributed by atoms with van der Waals surface area (Å²) < 4.78 is 0. The highest BCUT2D eigenvalue weighted by atomic mass is 16.4. The van der Waals surface area contributed by atoms with E-state index in [0.29, 0.717) is 13.0 Å². The zero-order valence-corrected chi connectivity index (χ0v) is 9.40. The van der Waals surface area contributed by atoms with Crippen molar-refractivity contribution in [1.82, 2.24) is 4.90 Å². The standard InChI is InChI=1S/C11H19NO3/c1-3-5-6-12(4-2)10(13)8-7-9(8)11(14)15/h8-9H,3-7H2,1-2H3,(H,14,15)/t8-,9+/m1/s1. The zero-order chi connectivity index (χ0) is 11.4. The minimum absolute atomic E-state index is 0.0263. The number of carbonyl (C=O) groups is 2. The van der Waals surface area contributed by atoms with Crippen LogP contribution < -0.4 is 0 Å². The van der Waals surface area contributed by atoms with E-state index in [0.717, 1.165) is 19.4 Å². The first-order chi connectivity index (χ1) is 7.11. The Labute approximate surface area is 90.3 Å². The summed E-state index contributed by atoms with van der Waals surface area (Å²) in [5, 5.41) is 8.73. The highest BCUT2D eigenvalue weighted by molar-refractivity contribution is 5.89. The highest BCUT2D eigenvalue weighted by Crippen LogP contribution is 2.40. The summed E-state index contributed by atoms with van der Waals surface area (Å²) in [5.41, 5.74) is 0. The molecule has 1 fully saturated rings. The fraction of sp³-hybridized carbons (Fsp3) is 0.818. The van der Waals surface area contributed by atoms with Crippen molar-refractivity contribution in [2.75, 3.05) is 13.1 Å². The van der Waals surface area contributed by atoms with Crippen LogP contribution in [0.2, 0.25) is 0 Å². The van der Waals surface area contributed by atoms with Crippen LogP contribution in [-0.2, 0) is 9.59 Å². The van der Waals surface area contributed by atoms with Gasteiger partial charge in [-0.1, -0.05) is 13.3 Å². The summed E-state index contributed by atoms with van der Waals surface area (Å²) in [6.07, 6.45) is 2.57. The first kappa shape index (κ1) is 12.0. The molecule has 0 unspecified atom stereocenters. The molecule has 86 valence electrons. The van der Waals surface area contributed by atoms with Gasteiger partial charge in [0.2, 0.25) is 5.91 Å². The molecule has 1 aliphatic carbocycles. The van der Waals surface area contributed by atoms with Gasteiger partial charge >= 0.3 is 5.97 Å². The molecule has 0 spiro atoms. The number of nitrogens with zero attached hydrogens (tertiary/aromatic N) is 1. The van der Waals surface area contributed by atoms with Crippen LogP contribution in [-0.4, -0.2) is 35.0 Å². The van der Waals surface area contributed by atoms with E-state index in [1.807, 2.05) is 6.92 Å². The number of hydrogen-bond acceptors (Lipinski definition) is 2. The molecular formula is C11H19NO3. The highest BCUT2D eigenvalue weighted by Gasteiger charge is 2.49. The molecule has 0 bridgehead atoms. The van der Waals surface area contributed by atoms with Gasteiger partial charge in [0.15, 0.2) is 0 Å². The van der Waals surface area contributed by atoms with Crippen LogP contribution in [0.3, 0.4) is 0 Å². The van der Waals surface area contributed by atoms with Crippen molar-refractivity contribution in [2.24, 2.45) is 11.8 Å². The van der Waals surface area contributed by atoms with E-state index in [-0.39, 0.29) is 11.8 Å². The van der Waals surface area contributed by atoms with Crippen LogP contribution in [0.1, 0.15) is 33.1 Å². The van der Waals surface area contributed by atoms with Crippen LogP contribution in [0, 0.1) is 11.8 Å². The number of aliphatic carboxylic acids is 1. The lowest BCUT2D eigenvalue weighted by molar-refractivity contribution is -0.142. The predicted molar refractivity (Wildman–Crippen MR) is 56.4 cm³/mol. The summed E-state index contributed by atoms with van der Waals surface area (Å²) in [7, 11) is 0. The van der Waals surface area contributed by atoms with Gasteiger partial charge in [0.1, 0.15) is 0 Å². The Bertz CT molecular complexity index is 252. The van der Waals surface area contributed by atoms with Crippen LogP contribution in [0.15, 0.2) is 0 Å². The summed E-state index contributed by atoms with van der Waals surface area (Å²) >= 11 is 0. The number of unbranched alkanes of at least 4 members (excludes halogenated alkanes) is 1. The number of carboxylic acid groups (broad SMARTS) is 1. The van der Waals surface area contributed by atoms with Crippen molar-refractivity contribution in [3.8, 4) is 0 Å². The molecule has 1 saturated carbocycles. The van der Waals surface area contributed by atoms with E-state index in [1.54, 1.807) is 4.90 Å². The normalized spacial score (nSPS) is 23.6. The predicted octanol–water partition coefficient (Wildman–Crippen LogP) is 1.36. The molecule has 1 rings (SSSR count). The SMILES string of the molecule is CCCCN(CC)C(=O)[C@@H]1C[C@@H]1C(=O)O. The molecule has 15 heavy (non-hydrogen) atoms. The smallest absolute Gasteiger partial charge is 0.307 e. The Morgan fingerprint density at radius 1 is 1.33 bits per heavy atom. The van der Waals surface area contributed by atoms with Gasteiger partial charge in [-0.25, -0.2) is 0 Å². The van der Waals surface area contributed by atoms with Crippen LogP contribution in [0.4, 0.5) is 0 Å². The van der Waals surface area contributed by atoms with Gasteiger partial charge in [-0.05, 0) is 19.8 Å². The molecule has 0 aliphatic heterocycles. The van der Waals surface area contributed by atoms with Gasteiger partial charge in [0.05, 0.1) is 11.8 Å². The number of carbonyl (C=O) groups excluding carboxylic acids is 1. The quantitative estimate of drug-likeness (QED) is 0.724. The lowest BCUT2D eigenvalue weighted by Crippen LogP contribution is -2.33. The minimum Gasteiger partial charge on any atom is -0.481 e. The molecule has 1 amide bonds. The Morgan fingerprint density at radius 3 is 2.40 bits per heavy atom. The van der Waals surface area contributed by atoms with Crippen LogP contribution in [0.25, 0.3) is 0 Å². The maximum atomic E-state index is 11.8. The second kappa shape index (κ2) is 5.14. The second-order valence-corrected chi connectivity index (χ2v) is 4.06. The molecule has 0 aromatic carbocycles. The molecule has 4 nitrogen and oxygen atoms in total. The Morgan fingerprint density at radius 2 is 2.00 bits per heavy atom. The van der Waals surface area contributed by atoms with Crippen molar-refractivity contribution < 1.29 is 14.7 Å². The number of rotatable bonds is 6. The van der Waals surface area contributed by atoms with Crippen molar-refractivity contribution in [3.63, 3.8) is 0 Å². The minimum atomic E-state index is -0.833. The molecule has 0 aromatic heterocycles. The van der Waals surface area contributed by atoms with Gasteiger partial charge < -0.3 is 10.0 Å². The summed E-state index contributed by atoms with van der Waals surface area (Å²) in [6, 6.07) is 0. The van der Waals surface area contributed by atoms with E-state index in [9.17, 15) is 9.59 Å². The van der Waals surface area contributed by atoms with Gasteiger partial charge in [0, 0.05) is 13.1 Å². The van der Waals surface area contributed by atoms with Crippen LogP contribution >= 0.6 is 0 Å². The van der Waals surface area contributed by atoms with Crippen molar-refractivity contribution in [1.29, 1.82) is 0 Å². The topological polar surface area (TPSA) is 57.6 Å². The second-order valence-electron chi connectivity index (χ2n) is 4.06. The van der Waals surface area contributed by atoms with E-state index in [4.69, 9.17) is 5.11 Å². The van der Waals surface area contributed by atoms with Crippen LogP contribution in [0.5, 0.6) is 0 Å².